The fourth-order valence-electron chi connectivity index (χ4n) is 5.71. The van der Waals surface area contributed by atoms with Crippen LogP contribution in [0.3, 0.4) is 0 Å². The van der Waals surface area contributed by atoms with Crippen molar-refractivity contribution < 1.29 is 19.3 Å². The molecule has 0 spiro atoms. The number of non-ortho nitro benzene ring substituents is 1. The zero-order chi connectivity index (χ0) is 28.7. The standard InChI is InChI=1S/C31H29N5O5/c1-19(37)34-14-12-22-15-24(9-8-23(22)18-34)32-30(21-6-4-20(5-7-21)17-35-13-2-3-28(35)38)29-26-16-25(36(40)41)10-11-27(26)33-31(29)39/h4-11,15-16,32H,2-3,12-14,17-18H2,1H3,(H,33,39)/b30-29-. The quantitative estimate of drug-likeness (QED) is 0.263. The van der Waals surface area contributed by atoms with E-state index in [-0.39, 0.29) is 23.4 Å². The second-order valence-electron chi connectivity index (χ2n) is 10.6. The molecule has 41 heavy (non-hydrogen) atoms. The number of nitro groups is 1. The van der Waals surface area contributed by atoms with Gasteiger partial charge >= 0.3 is 0 Å². The molecule has 10 nitrogen and oxygen atoms in total. The summed E-state index contributed by atoms with van der Waals surface area (Å²) in [6.45, 7) is 4.04. The number of nitro benzene ring substituents is 1. The Morgan fingerprint density at radius 1 is 1.00 bits per heavy atom. The van der Waals surface area contributed by atoms with Gasteiger partial charge in [0.2, 0.25) is 11.8 Å². The number of anilines is 2. The Morgan fingerprint density at radius 2 is 1.80 bits per heavy atom. The van der Waals surface area contributed by atoms with Gasteiger partial charge in [0.15, 0.2) is 0 Å². The molecule has 3 aliphatic heterocycles. The molecule has 0 saturated carbocycles. The molecule has 10 heteroatoms. The Labute approximate surface area is 236 Å². The molecule has 3 amide bonds. The van der Waals surface area contributed by atoms with Crippen molar-refractivity contribution in [3.63, 3.8) is 0 Å². The van der Waals surface area contributed by atoms with Gasteiger partial charge in [0, 0.05) is 68.6 Å². The van der Waals surface area contributed by atoms with Crippen LogP contribution in [-0.2, 0) is 33.9 Å². The van der Waals surface area contributed by atoms with Crippen LogP contribution < -0.4 is 10.6 Å². The summed E-state index contributed by atoms with van der Waals surface area (Å²) < 4.78 is 0. The average molecular weight is 552 g/mol. The van der Waals surface area contributed by atoms with Crippen LogP contribution in [0.2, 0.25) is 0 Å². The highest BCUT2D eigenvalue weighted by Crippen LogP contribution is 2.39. The average Bonchev–Trinajstić information content (AvgIpc) is 3.52. The maximum absolute atomic E-state index is 13.3. The Hall–Kier alpha value is -4.99. The molecule has 0 bridgehead atoms. The minimum absolute atomic E-state index is 0.0439. The molecular formula is C31H29N5O5. The third kappa shape index (κ3) is 5.16. The van der Waals surface area contributed by atoms with Crippen LogP contribution in [0.25, 0.3) is 11.3 Å². The second-order valence-corrected chi connectivity index (χ2v) is 10.6. The summed E-state index contributed by atoms with van der Waals surface area (Å²) in [5.41, 5.74) is 6.35. The Morgan fingerprint density at radius 3 is 2.51 bits per heavy atom. The number of amides is 3. The van der Waals surface area contributed by atoms with E-state index in [0.29, 0.717) is 48.6 Å². The van der Waals surface area contributed by atoms with Gasteiger partial charge in [0.05, 0.1) is 16.2 Å². The number of carbonyl (C=O) groups is 3. The van der Waals surface area contributed by atoms with Gasteiger partial charge in [-0.05, 0) is 53.3 Å². The monoisotopic (exact) mass is 551 g/mol. The van der Waals surface area contributed by atoms with Crippen LogP contribution in [-0.4, -0.2) is 45.5 Å². The number of hydrogen-bond acceptors (Lipinski definition) is 6. The van der Waals surface area contributed by atoms with E-state index in [1.807, 2.05) is 52.3 Å². The van der Waals surface area contributed by atoms with Gasteiger partial charge < -0.3 is 20.4 Å². The van der Waals surface area contributed by atoms with Crippen molar-refractivity contribution in [1.82, 2.24) is 9.80 Å². The summed E-state index contributed by atoms with van der Waals surface area (Å²) in [5, 5.41) is 17.8. The third-order valence-corrected chi connectivity index (χ3v) is 7.93. The summed E-state index contributed by atoms with van der Waals surface area (Å²) in [4.78, 5) is 52.0. The minimum atomic E-state index is -0.476. The summed E-state index contributed by atoms with van der Waals surface area (Å²) in [7, 11) is 0. The highest BCUT2D eigenvalue weighted by Gasteiger charge is 2.31. The van der Waals surface area contributed by atoms with E-state index in [9.17, 15) is 24.5 Å². The maximum atomic E-state index is 13.3. The first kappa shape index (κ1) is 26.2. The lowest BCUT2D eigenvalue weighted by molar-refractivity contribution is -0.384. The van der Waals surface area contributed by atoms with E-state index in [1.165, 1.54) is 12.1 Å². The molecule has 208 valence electrons. The SMILES string of the molecule is CC(=O)N1CCc2cc(N/C(=C3\C(=O)Nc4ccc([N+](=O)[O-])cc43)c3ccc(CN4CCCC4=O)cc3)ccc2C1. The van der Waals surface area contributed by atoms with Gasteiger partial charge in [-0.25, -0.2) is 0 Å². The molecule has 3 aromatic carbocycles. The van der Waals surface area contributed by atoms with Crippen LogP contribution in [0.15, 0.2) is 60.7 Å². The first-order valence-electron chi connectivity index (χ1n) is 13.6. The predicted octanol–water partition coefficient (Wildman–Crippen LogP) is 4.55. The van der Waals surface area contributed by atoms with Crippen molar-refractivity contribution in [3.05, 3.63) is 98.6 Å². The Kier molecular flexibility index (Phi) is 6.74. The van der Waals surface area contributed by atoms with Gasteiger partial charge in [0.25, 0.3) is 11.6 Å². The van der Waals surface area contributed by atoms with Crippen LogP contribution in [0.5, 0.6) is 0 Å². The summed E-state index contributed by atoms with van der Waals surface area (Å²) in [5.74, 6) is -0.162. The number of likely N-dealkylation sites (tertiary alicyclic amines) is 1. The van der Waals surface area contributed by atoms with E-state index >= 15 is 0 Å². The van der Waals surface area contributed by atoms with Gasteiger partial charge in [0.1, 0.15) is 0 Å². The zero-order valence-corrected chi connectivity index (χ0v) is 22.6. The number of fused-ring (bicyclic) bond motifs is 2. The van der Waals surface area contributed by atoms with Crippen LogP contribution in [0, 0.1) is 10.1 Å². The van der Waals surface area contributed by atoms with E-state index < -0.39 is 4.92 Å². The molecule has 0 unspecified atom stereocenters. The molecule has 2 N–H and O–H groups in total. The Balaban J connectivity index is 1.40. The zero-order valence-electron chi connectivity index (χ0n) is 22.6. The summed E-state index contributed by atoms with van der Waals surface area (Å²) >= 11 is 0. The number of benzene rings is 3. The largest absolute Gasteiger partial charge is 0.354 e. The molecule has 3 heterocycles. The number of carbonyl (C=O) groups excluding carboxylic acids is 3. The fourth-order valence-corrected chi connectivity index (χ4v) is 5.71. The summed E-state index contributed by atoms with van der Waals surface area (Å²) in [6, 6.07) is 17.9. The first-order valence-corrected chi connectivity index (χ1v) is 13.6. The first-order chi connectivity index (χ1) is 19.8. The van der Waals surface area contributed by atoms with Gasteiger partial charge in [-0.3, -0.25) is 24.5 Å². The molecule has 0 aliphatic carbocycles. The number of hydrogen-bond donors (Lipinski definition) is 2. The van der Waals surface area contributed by atoms with E-state index in [2.05, 4.69) is 10.6 Å². The molecule has 1 fully saturated rings. The lowest BCUT2D eigenvalue weighted by Crippen LogP contribution is -2.34. The smallest absolute Gasteiger partial charge is 0.270 e. The lowest BCUT2D eigenvalue weighted by Gasteiger charge is -2.28. The van der Waals surface area contributed by atoms with E-state index in [4.69, 9.17) is 0 Å². The van der Waals surface area contributed by atoms with Crippen molar-refractivity contribution in [2.75, 3.05) is 23.7 Å². The van der Waals surface area contributed by atoms with Gasteiger partial charge in [-0.2, -0.15) is 0 Å². The predicted molar refractivity (Wildman–Crippen MR) is 154 cm³/mol. The van der Waals surface area contributed by atoms with Gasteiger partial charge in [-0.15, -0.1) is 0 Å². The minimum Gasteiger partial charge on any atom is -0.354 e. The molecular weight excluding hydrogens is 522 g/mol. The highest BCUT2D eigenvalue weighted by molar-refractivity contribution is 6.37. The fraction of sp³-hybridized carbons (Fsp3) is 0.258. The molecule has 6 rings (SSSR count). The van der Waals surface area contributed by atoms with Crippen molar-refractivity contribution in [1.29, 1.82) is 0 Å². The molecule has 3 aliphatic rings. The van der Waals surface area contributed by atoms with Crippen LogP contribution in [0.4, 0.5) is 17.1 Å². The molecule has 0 aromatic heterocycles. The second kappa shape index (κ2) is 10.5. The van der Waals surface area contributed by atoms with Crippen molar-refractivity contribution in [2.45, 2.75) is 39.3 Å². The van der Waals surface area contributed by atoms with Gasteiger partial charge in [-0.1, -0.05) is 30.3 Å². The molecule has 0 radical (unpaired) electrons. The molecule has 1 saturated heterocycles. The number of nitrogens with zero attached hydrogens (tertiary/aromatic N) is 3. The highest BCUT2D eigenvalue weighted by atomic mass is 16.6. The lowest BCUT2D eigenvalue weighted by atomic mass is 9.97. The van der Waals surface area contributed by atoms with Crippen LogP contribution in [0.1, 0.15) is 47.6 Å². The number of nitrogens with one attached hydrogen (secondary N) is 2. The van der Waals surface area contributed by atoms with E-state index in [0.717, 1.165) is 47.3 Å². The topological polar surface area (TPSA) is 125 Å². The summed E-state index contributed by atoms with van der Waals surface area (Å²) in [6.07, 6.45) is 2.16. The normalized spacial score (nSPS) is 17.2. The van der Waals surface area contributed by atoms with Crippen molar-refractivity contribution in [3.8, 4) is 0 Å². The molecule has 0 atom stereocenters. The maximum Gasteiger partial charge on any atom is 0.270 e. The van der Waals surface area contributed by atoms with E-state index in [1.54, 1.807) is 13.0 Å². The third-order valence-electron chi connectivity index (χ3n) is 7.93. The van der Waals surface area contributed by atoms with Crippen molar-refractivity contribution >= 4 is 46.1 Å². The molecule has 3 aromatic rings. The Bertz CT molecular complexity index is 1630. The number of rotatable bonds is 6. The van der Waals surface area contributed by atoms with Crippen molar-refractivity contribution in [2.24, 2.45) is 0 Å². The van der Waals surface area contributed by atoms with Crippen LogP contribution >= 0.6 is 0 Å².